The Morgan fingerprint density at radius 3 is 3.06 bits per heavy atom. The van der Waals surface area contributed by atoms with E-state index >= 15 is 0 Å². The lowest BCUT2D eigenvalue weighted by Gasteiger charge is -2.31. The Hall–Kier alpha value is -1.03. The number of methoxy groups -OCH3 is 1. The molecule has 1 aliphatic heterocycles. The third-order valence-corrected chi connectivity index (χ3v) is 3.56. The Morgan fingerprint density at radius 1 is 1.59 bits per heavy atom. The van der Waals surface area contributed by atoms with Crippen LogP contribution in [-0.4, -0.2) is 23.4 Å². The van der Waals surface area contributed by atoms with E-state index in [1.54, 1.807) is 7.11 Å². The quantitative estimate of drug-likeness (QED) is 0.873. The molecule has 0 spiro atoms. The van der Waals surface area contributed by atoms with Crippen LogP contribution < -0.4 is 10.1 Å². The number of aromatic nitrogens is 2. The monoisotopic (exact) mass is 237 g/mol. The first-order chi connectivity index (χ1) is 8.27. The summed E-state index contributed by atoms with van der Waals surface area (Å²) in [6.45, 7) is 6.54. The van der Waals surface area contributed by atoms with E-state index in [0.717, 1.165) is 25.3 Å². The molecule has 1 N–H and O–H groups in total. The SMILES string of the molecule is CCCn1ncc(OC)c1C1NCCCC1C. The van der Waals surface area contributed by atoms with Crippen LogP contribution in [0.2, 0.25) is 0 Å². The van der Waals surface area contributed by atoms with Gasteiger partial charge in [0.05, 0.1) is 25.0 Å². The second kappa shape index (κ2) is 5.54. The van der Waals surface area contributed by atoms with Crippen molar-refractivity contribution in [3.05, 3.63) is 11.9 Å². The second-order valence-electron chi connectivity index (χ2n) is 4.87. The molecule has 1 aromatic heterocycles. The summed E-state index contributed by atoms with van der Waals surface area (Å²) in [4.78, 5) is 0. The molecule has 96 valence electrons. The highest BCUT2D eigenvalue weighted by atomic mass is 16.5. The maximum absolute atomic E-state index is 5.45. The maximum atomic E-state index is 5.45. The molecule has 1 aromatic rings. The third-order valence-electron chi connectivity index (χ3n) is 3.56. The molecular weight excluding hydrogens is 214 g/mol. The van der Waals surface area contributed by atoms with Gasteiger partial charge in [-0.1, -0.05) is 13.8 Å². The minimum atomic E-state index is 0.382. The highest BCUT2D eigenvalue weighted by Crippen LogP contribution is 2.34. The molecule has 0 amide bonds. The predicted octanol–water partition coefficient (Wildman–Crippen LogP) is 2.36. The van der Waals surface area contributed by atoms with Crippen LogP contribution in [0.5, 0.6) is 5.75 Å². The molecule has 0 aromatic carbocycles. The van der Waals surface area contributed by atoms with Crippen LogP contribution >= 0.6 is 0 Å². The van der Waals surface area contributed by atoms with Crippen LogP contribution in [0.25, 0.3) is 0 Å². The standard InChI is InChI=1S/C13H23N3O/c1-4-8-16-13(11(17-3)9-15-16)12-10(2)6-5-7-14-12/h9-10,12,14H,4-8H2,1-3H3. The van der Waals surface area contributed by atoms with Crippen molar-refractivity contribution in [3.8, 4) is 5.75 Å². The molecule has 0 radical (unpaired) electrons. The lowest BCUT2D eigenvalue weighted by molar-refractivity contribution is 0.280. The lowest BCUT2D eigenvalue weighted by Crippen LogP contribution is -2.34. The fraction of sp³-hybridized carbons (Fsp3) is 0.769. The molecule has 1 aliphatic rings. The normalized spacial score (nSPS) is 24.9. The molecule has 0 bridgehead atoms. The van der Waals surface area contributed by atoms with Crippen molar-refractivity contribution < 1.29 is 4.74 Å². The molecule has 17 heavy (non-hydrogen) atoms. The van der Waals surface area contributed by atoms with Gasteiger partial charge in [-0.25, -0.2) is 0 Å². The summed E-state index contributed by atoms with van der Waals surface area (Å²) in [7, 11) is 1.73. The van der Waals surface area contributed by atoms with E-state index in [-0.39, 0.29) is 0 Å². The zero-order valence-corrected chi connectivity index (χ0v) is 11.1. The minimum Gasteiger partial charge on any atom is -0.493 e. The molecule has 1 saturated heterocycles. The molecule has 0 saturated carbocycles. The lowest BCUT2D eigenvalue weighted by atomic mass is 9.90. The van der Waals surface area contributed by atoms with Gasteiger partial charge < -0.3 is 10.1 Å². The van der Waals surface area contributed by atoms with E-state index < -0.39 is 0 Å². The minimum absolute atomic E-state index is 0.382. The van der Waals surface area contributed by atoms with Crippen molar-refractivity contribution in [3.63, 3.8) is 0 Å². The fourth-order valence-electron chi connectivity index (χ4n) is 2.65. The summed E-state index contributed by atoms with van der Waals surface area (Å²) >= 11 is 0. The van der Waals surface area contributed by atoms with Crippen LogP contribution in [-0.2, 0) is 6.54 Å². The third kappa shape index (κ3) is 2.46. The van der Waals surface area contributed by atoms with Crippen molar-refractivity contribution in [1.82, 2.24) is 15.1 Å². The maximum Gasteiger partial charge on any atom is 0.161 e. The van der Waals surface area contributed by atoms with E-state index in [1.165, 1.54) is 18.5 Å². The smallest absolute Gasteiger partial charge is 0.161 e. The molecule has 2 heterocycles. The highest BCUT2D eigenvalue weighted by Gasteiger charge is 2.28. The summed E-state index contributed by atoms with van der Waals surface area (Å²) in [6.07, 6.45) is 5.48. The van der Waals surface area contributed by atoms with E-state index in [2.05, 4.69) is 28.9 Å². The van der Waals surface area contributed by atoms with Crippen molar-refractivity contribution in [2.24, 2.45) is 5.92 Å². The molecule has 2 atom stereocenters. The second-order valence-corrected chi connectivity index (χ2v) is 4.87. The van der Waals surface area contributed by atoms with Crippen molar-refractivity contribution in [1.29, 1.82) is 0 Å². The number of hydrogen-bond acceptors (Lipinski definition) is 3. The number of rotatable bonds is 4. The Labute approximate surface area is 103 Å². The first kappa shape index (κ1) is 12.4. The van der Waals surface area contributed by atoms with Gasteiger partial charge in [-0.15, -0.1) is 0 Å². The molecule has 1 fully saturated rings. The summed E-state index contributed by atoms with van der Waals surface area (Å²) in [5, 5.41) is 8.04. The summed E-state index contributed by atoms with van der Waals surface area (Å²) in [5.74, 6) is 1.56. The number of ether oxygens (including phenoxy) is 1. The van der Waals surface area contributed by atoms with Crippen LogP contribution in [0.15, 0.2) is 6.20 Å². The van der Waals surface area contributed by atoms with E-state index in [4.69, 9.17) is 4.74 Å². The number of aryl methyl sites for hydroxylation is 1. The van der Waals surface area contributed by atoms with Gasteiger partial charge in [-0.2, -0.15) is 5.10 Å². The van der Waals surface area contributed by atoms with Gasteiger partial charge in [0.2, 0.25) is 0 Å². The van der Waals surface area contributed by atoms with Crippen LogP contribution in [0.4, 0.5) is 0 Å². The Balaban J connectivity index is 2.29. The number of hydrogen-bond donors (Lipinski definition) is 1. The van der Waals surface area contributed by atoms with Gasteiger partial charge >= 0.3 is 0 Å². The van der Waals surface area contributed by atoms with Gasteiger partial charge in [-0.05, 0) is 31.7 Å². The van der Waals surface area contributed by atoms with Crippen LogP contribution in [0, 0.1) is 5.92 Å². The zero-order valence-electron chi connectivity index (χ0n) is 11.1. The van der Waals surface area contributed by atoms with E-state index in [9.17, 15) is 0 Å². The first-order valence-electron chi connectivity index (χ1n) is 6.61. The predicted molar refractivity (Wildman–Crippen MR) is 68.2 cm³/mol. The molecule has 4 heteroatoms. The van der Waals surface area contributed by atoms with Crippen LogP contribution in [0.3, 0.4) is 0 Å². The van der Waals surface area contributed by atoms with E-state index in [0.29, 0.717) is 12.0 Å². The Morgan fingerprint density at radius 2 is 2.41 bits per heavy atom. The average Bonchev–Trinajstić information content (AvgIpc) is 2.73. The topological polar surface area (TPSA) is 39.1 Å². The molecule has 2 rings (SSSR count). The van der Waals surface area contributed by atoms with Crippen molar-refractivity contribution >= 4 is 0 Å². The van der Waals surface area contributed by atoms with Gasteiger partial charge in [0.15, 0.2) is 5.75 Å². The van der Waals surface area contributed by atoms with Gasteiger partial charge in [0.1, 0.15) is 0 Å². The van der Waals surface area contributed by atoms with Crippen LogP contribution in [0.1, 0.15) is 44.8 Å². The Kier molecular flexibility index (Phi) is 4.05. The van der Waals surface area contributed by atoms with Gasteiger partial charge in [0, 0.05) is 6.54 Å². The average molecular weight is 237 g/mol. The van der Waals surface area contributed by atoms with Gasteiger partial charge in [-0.3, -0.25) is 4.68 Å². The first-order valence-corrected chi connectivity index (χ1v) is 6.61. The number of piperidine rings is 1. The molecule has 0 aliphatic carbocycles. The van der Waals surface area contributed by atoms with Crippen molar-refractivity contribution in [2.75, 3.05) is 13.7 Å². The summed E-state index contributed by atoms with van der Waals surface area (Å²) < 4.78 is 7.55. The summed E-state index contributed by atoms with van der Waals surface area (Å²) in [6, 6.07) is 0.382. The molecular formula is C13H23N3O. The fourth-order valence-corrected chi connectivity index (χ4v) is 2.65. The molecule has 2 unspecified atom stereocenters. The number of nitrogens with one attached hydrogen (secondary N) is 1. The Bertz CT molecular complexity index is 362. The largest absolute Gasteiger partial charge is 0.493 e. The summed E-state index contributed by atoms with van der Waals surface area (Å²) in [5.41, 5.74) is 1.22. The number of nitrogens with zero attached hydrogens (tertiary/aromatic N) is 2. The highest BCUT2D eigenvalue weighted by molar-refractivity contribution is 5.29. The van der Waals surface area contributed by atoms with E-state index in [1.807, 2.05) is 6.20 Å². The zero-order chi connectivity index (χ0) is 12.3. The van der Waals surface area contributed by atoms with Gasteiger partial charge in [0.25, 0.3) is 0 Å². The van der Waals surface area contributed by atoms with Crippen molar-refractivity contribution in [2.45, 2.75) is 45.7 Å². The molecule has 4 nitrogen and oxygen atoms in total.